The van der Waals surface area contributed by atoms with Crippen molar-refractivity contribution >= 4 is 21.4 Å². The van der Waals surface area contributed by atoms with Crippen molar-refractivity contribution in [2.24, 2.45) is 5.92 Å². The zero-order valence-electron chi connectivity index (χ0n) is 11.4. The molecule has 2 atom stereocenters. The molecular weight excluding hydrogens is 250 g/mol. The van der Waals surface area contributed by atoms with Crippen LogP contribution in [0, 0.1) is 5.92 Å². The fourth-order valence-electron chi connectivity index (χ4n) is 2.70. The summed E-state index contributed by atoms with van der Waals surface area (Å²) in [4.78, 5) is 1.45. The number of fused-ring (bicyclic) bond motifs is 1. The molecule has 0 radical (unpaired) electrons. The van der Waals surface area contributed by atoms with Gasteiger partial charge < -0.3 is 5.32 Å². The first kappa shape index (κ1) is 12.9. The topological polar surface area (TPSA) is 12.0 Å². The van der Waals surface area contributed by atoms with Crippen LogP contribution in [0.1, 0.15) is 37.1 Å². The van der Waals surface area contributed by atoms with Crippen molar-refractivity contribution in [3.63, 3.8) is 0 Å². The number of benzene rings is 1. The Morgan fingerprint density at radius 1 is 1.32 bits per heavy atom. The van der Waals surface area contributed by atoms with Gasteiger partial charge in [-0.05, 0) is 56.2 Å². The number of rotatable bonds is 4. The van der Waals surface area contributed by atoms with Crippen molar-refractivity contribution in [2.45, 2.75) is 32.2 Å². The first-order valence-corrected chi connectivity index (χ1v) is 8.01. The van der Waals surface area contributed by atoms with E-state index in [1.54, 1.807) is 0 Å². The van der Waals surface area contributed by atoms with Gasteiger partial charge in [-0.15, -0.1) is 11.3 Å². The Morgan fingerprint density at radius 2 is 2.21 bits per heavy atom. The van der Waals surface area contributed by atoms with Crippen LogP contribution >= 0.6 is 11.3 Å². The monoisotopic (exact) mass is 271 g/mol. The van der Waals surface area contributed by atoms with Crippen LogP contribution in [0.2, 0.25) is 0 Å². The van der Waals surface area contributed by atoms with Gasteiger partial charge in [-0.3, -0.25) is 0 Å². The highest BCUT2D eigenvalue weighted by Crippen LogP contribution is 2.30. The summed E-state index contributed by atoms with van der Waals surface area (Å²) in [5, 5.41) is 5.08. The largest absolute Gasteiger partial charge is 0.309 e. The summed E-state index contributed by atoms with van der Waals surface area (Å²) in [6.07, 6.45) is 8.48. The predicted octanol–water partition coefficient (Wildman–Crippen LogP) is 4.91. The Hall–Kier alpha value is -1.12. The second kappa shape index (κ2) is 5.89. The summed E-state index contributed by atoms with van der Waals surface area (Å²) >= 11 is 1.92. The van der Waals surface area contributed by atoms with Crippen molar-refractivity contribution in [3.8, 4) is 0 Å². The van der Waals surface area contributed by atoms with Crippen molar-refractivity contribution in [2.75, 3.05) is 6.54 Å². The molecule has 2 heteroatoms. The summed E-state index contributed by atoms with van der Waals surface area (Å²) in [6.45, 7) is 3.42. The average Bonchev–Trinajstić information content (AvgIpc) is 2.90. The lowest BCUT2D eigenvalue weighted by Crippen LogP contribution is -2.25. The van der Waals surface area contributed by atoms with Crippen molar-refractivity contribution < 1.29 is 0 Å². The van der Waals surface area contributed by atoms with Gasteiger partial charge in [-0.1, -0.05) is 30.4 Å². The number of hydrogen-bond acceptors (Lipinski definition) is 2. The maximum Gasteiger partial charge on any atom is 0.0386 e. The highest BCUT2D eigenvalue weighted by molar-refractivity contribution is 7.19. The predicted molar refractivity (Wildman–Crippen MR) is 84.7 cm³/mol. The molecule has 0 spiro atoms. The summed E-state index contributed by atoms with van der Waals surface area (Å²) in [6, 6.07) is 11.4. The maximum absolute atomic E-state index is 3.71. The molecule has 1 N–H and O–H groups in total. The molecule has 2 aromatic rings. The zero-order valence-corrected chi connectivity index (χ0v) is 12.2. The van der Waals surface area contributed by atoms with Gasteiger partial charge in [0.1, 0.15) is 0 Å². The van der Waals surface area contributed by atoms with Crippen molar-refractivity contribution in [3.05, 3.63) is 47.4 Å². The van der Waals surface area contributed by atoms with E-state index < -0.39 is 0 Å². The molecule has 0 amide bonds. The molecule has 1 aromatic heterocycles. The minimum atomic E-state index is 0.461. The average molecular weight is 271 g/mol. The molecule has 1 aliphatic rings. The second-order valence-corrected chi connectivity index (χ2v) is 6.58. The SMILES string of the molecule is CC(NCC1CC=CCC1)c1cc2ccccc2s1. The molecule has 1 aliphatic carbocycles. The number of allylic oxidation sites excluding steroid dienone is 2. The molecule has 2 unspecified atom stereocenters. The molecular formula is C17H21NS. The first-order valence-electron chi connectivity index (χ1n) is 7.20. The lowest BCUT2D eigenvalue weighted by atomic mass is 9.94. The Balaban J connectivity index is 1.63. The number of hydrogen-bond donors (Lipinski definition) is 1. The van der Waals surface area contributed by atoms with Crippen LogP contribution < -0.4 is 5.32 Å². The Labute approximate surface area is 119 Å². The first-order chi connectivity index (χ1) is 9.33. The minimum absolute atomic E-state index is 0.461. The van der Waals surface area contributed by atoms with Crippen LogP contribution in [0.15, 0.2) is 42.5 Å². The molecule has 0 saturated carbocycles. The molecule has 3 rings (SSSR count). The Morgan fingerprint density at radius 3 is 3.00 bits per heavy atom. The van der Waals surface area contributed by atoms with Gasteiger partial charge in [0.25, 0.3) is 0 Å². The van der Waals surface area contributed by atoms with Gasteiger partial charge in [0, 0.05) is 15.6 Å². The van der Waals surface area contributed by atoms with Crippen LogP contribution in [0.5, 0.6) is 0 Å². The molecule has 1 aromatic carbocycles. The van der Waals surface area contributed by atoms with Crippen LogP contribution in [0.3, 0.4) is 0 Å². The summed E-state index contributed by atoms with van der Waals surface area (Å²) < 4.78 is 1.40. The fraction of sp³-hybridized carbons (Fsp3) is 0.412. The molecule has 1 heterocycles. The van der Waals surface area contributed by atoms with Crippen LogP contribution in [0.25, 0.3) is 10.1 Å². The van der Waals surface area contributed by atoms with E-state index in [0.29, 0.717) is 6.04 Å². The highest BCUT2D eigenvalue weighted by atomic mass is 32.1. The van der Waals surface area contributed by atoms with Gasteiger partial charge in [0.15, 0.2) is 0 Å². The third-order valence-electron chi connectivity index (χ3n) is 3.96. The third-order valence-corrected chi connectivity index (χ3v) is 5.26. The van der Waals surface area contributed by atoms with Gasteiger partial charge in [-0.25, -0.2) is 0 Å². The Bertz CT molecular complexity index is 536. The van der Waals surface area contributed by atoms with Crippen molar-refractivity contribution in [1.82, 2.24) is 5.32 Å². The number of thiophene rings is 1. The van der Waals surface area contributed by atoms with Gasteiger partial charge >= 0.3 is 0 Å². The number of nitrogens with one attached hydrogen (secondary N) is 1. The smallest absolute Gasteiger partial charge is 0.0386 e. The van der Waals surface area contributed by atoms with E-state index >= 15 is 0 Å². The second-order valence-electron chi connectivity index (χ2n) is 5.47. The van der Waals surface area contributed by atoms with Crippen molar-refractivity contribution in [1.29, 1.82) is 0 Å². The molecule has 0 bridgehead atoms. The Kier molecular flexibility index (Phi) is 4.00. The zero-order chi connectivity index (χ0) is 13.1. The molecule has 0 fully saturated rings. The lowest BCUT2D eigenvalue weighted by molar-refractivity contribution is 0.417. The van der Waals surface area contributed by atoms with E-state index in [9.17, 15) is 0 Å². The minimum Gasteiger partial charge on any atom is -0.309 e. The van der Waals surface area contributed by atoms with E-state index in [4.69, 9.17) is 0 Å². The van der Waals surface area contributed by atoms with Gasteiger partial charge in [-0.2, -0.15) is 0 Å². The summed E-state index contributed by atoms with van der Waals surface area (Å²) in [7, 11) is 0. The molecule has 1 nitrogen and oxygen atoms in total. The lowest BCUT2D eigenvalue weighted by Gasteiger charge is -2.20. The van der Waals surface area contributed by atoms with Crippen LogP contribution in [0.4, 0.5) is 0 Å². The van der Waals surface area contributed by atoms with Crippen LogP contribution in [-0.2, 0) is 0 Å². The third kappa shape index (κ3) is 3.07. The quantitative estimate of drug-likeness (QED) is 0.779. The molecule has 0 aliphatic heterocycles. The molecule has 0 saturated heterocycles. The van der Waals surface area contributed by atoms with E-state index in [-0.39, 0.29) is 0 Å². The highest BCUT2D eigenvalue weighted by Gasteiger charge is 2.13. The standard InChI is InChI=1S/C17H21NS/c1-13(18-12-14-7-3-2-4-8-14)17-11-15-9-5-6-10-16(15)19-17/h2-3,5-6,9-11,13-14,18H,4,7-8,12H2,1H3. The fourth-order valence-corrected chi connectivity index (χ4v) is 3.79. The van der Waals surface area contributed by atoms with E-state index in [1.807, 2.05) is 11.3 Å². The summed E-state index contributed by atoms with van der Waals surface area (Å²) in [5.41, 5.74) is 0. The normalized spacial score (nSPS) is 20.8. The van der Waals surface area contributed by atoms with E-state index in [0.717, 1.165) is 12.5 Å². The summed E-state index contributed by atoms with van der Waals surface area (Å²) in [5.74, 6) is 0.821. The van der Waals surface area contributed by atoms with Gasteiger partial charge in [0.2, 0.25) is 0 Å². The molecule has 19 heavy (non-hydrogen) atoms. The van der Waals surface area contributed by atoms with E-state index in [2.05, 4.69) is 54.7 Å². The van der Waals surface area contributed by atoms with Crippen LogP contribution in [-0.4, -0.2) is 6.54 Å². The molecule has 100 valence electrons. The van der Waals surface area contributed by atoms with Gasteiger partial charge in [0.05, 0.1) is 0 Å². The maximum atomic E-state index is 3.71. The van der Waals surface area contributed by atoms with E-state index in [1.165, 1.54) is 34.2 Å².